The van der Waals surface area contributed by atoms with Crippen molar-refractivity contribution in [3.63, 3.8) is 0 Å². The average molecular weight is 973 g/mol. The molecule has 3 heterocycles. The van der Waals surface area contributed by atoms with Gasteiger partial charge in [-0.15, -0.1) is 0 Å². The molecule has 0 aromatic carbocycles. The molecule has 0 amide bonds. The Morgan fingerprint density at radius 3 is 1.91 bits per heavy atom. The van der Waals surface area contributed by atoms with Gasteiger partial charge in [0.1, 0.15) is 67.1 Å². The van der Waals surface area contributed by atoms with Crippen LogP contribution in [0, 0.1) is 50.2 Å². The molecule has 4 saturated carbocycles. The van der Waals surface area contributed by atoms with Crippen molar-refractivity contribution in [3.8, 4) is 0 Å². The summed E-state index contributed by atoms with van der Waals surface area (Å²) in [5, 5.41) is 116. The number of rotatable bonds is 10. The van der Waals surface area contributed by atoms with Crippen molar-refractivity contribution in [3.05, 3.63) is 11.6 Å². The maximum absolute atomic E-state index is 14.8. The standard InChI is InChI=1S/C48H76O20/c1-43(41(60)62-6)13-15-48(42(61)68-40-35(58)33(56)31(54)26(19-50)65-40)16-14-46(4)22(23(48)17-43)7-8-28-44(2)11-10-29(45(3,21-51)27(44)9-12-47(28,46)5)66-38-36(59)37(24(52)20-63-38)67-39-34(57)32(55)30(53)25(18-49)64-39/h7,23-40,49-59H,8-21H2,1-6H3/t23?,24-,25?,26?,27?,28?,29-,30+,31+,32-,33-,34?,35?,36?,37-,38-,39-,40-,43-,44-,45-,46+,47+,48-/m0/s1. The van der Waals surface area contributed by atoms with Crippen molar-refractivity contribution in [1.29, 1.82) is 0 Å². The SMILES string of the molecule is COC(=O)[C@@]1(C)CC[C@]2(C(=O)O[C@@H]3OC(CO)[C@@H](O)[C@H](O)C3O)CC[C@]3(C)C(=CCC4[C@@]5(C)CC[C@H](O[C@@H]6OC[C@H](O)[C@H](O[C@@H]7OC(CO)[C@@H](O)[C@H](O)C7O)C6O)[C@@](C)(CO)C5CC[C@]43C)C2C1. The second-order valence-electron chi connectivity index (χ2n) is 22.7. The molecule has 3 aliphatic heterocycles. The number of carbonyl (C=O) groups is 2. The van der Waals surface area contributed by atoms with E-state index in [1.807, 2.05) is 13.8 Å². The van der Waals surface area contributed by atoms with Crippen LogP contribution in [-0.4, -0.2) is 194 Å². The largest absolute Gasteiger partial charge is 0.469 e. The summed E-state index contributed by atoms with van der Waals surface area (Å²) in [4.78, 5) is 28.3. The molecule has 3 saturated heterocycles. The lowest BCUT2D eigenvalue weighted by Crippen LogP contribution is -2.67. The number of methoxy groups -OCH3 is 1. The van der Waals surface area contributed by atoms with Gasteiger partial charge in [-0.2, -0.15) is 0 Å². The normalized spacial score (nSPS) is 53.7. The van der Waals surface area contributed by atoms with Crippen LogP contribution in [0.3, 0.4) is 0 Å². The molecule has 8 aliphatic rings. The molecule has 20 heteroatoms. The van der Waals surface area contributed by atoms with Gasteiger partial charge in [-0.3, -0.25) is 9.59 Å². The third kappa shape index (κ3) is 7.94. The van der Waals surface area contributed by atoms with Crippen molar-refractivity contribution in [2.45, 2.75) is 191 Å². The van der Waals surface area contributed by atoms with Crippen LogP contribution in [0.15, 0.2) is 11.6 Å². The monoisotopic (exact) mass is 972 g/mol. The van der Waals surface area contributed by atoms with Gasteiger partial charge in [-0.1, -0.05) is 39.3 Å². The Balaban J connectivity index is 1.04. The van der Waals surface area contributed by atoms with E-state index in [9.17, 15) is 65.8 Å². The first-order valence-electron chi connectivity index (χ1n) is 24.5. The maximum atomic E-state index is 14.8. The van der Waals surface area contributed by atoms with E-state index in [1.54, 1.807) is 0 Å². The van der Waals surface area contributed by atoms with Crippen molar-refractivity contribution in [2.24, 2.45) is 50.2 Å². The molecule has 8 unspecified atom stereocenters. The van der Waals surface area contributed by atoms with Gasteiger partial charge < -0.3 is 89.3 Å². The molecule has 0 spiro atoms. The van der Waals surface area contributed by atoms with E-state index in [2.05, 4.69) is 26.8 Å². The topological polar surface area (TPSA) is 321 Å². The Bertz CT molecular complexity index is 1880. The summed E-state index contributed by atoms with van der Waals surface area (Å²) in [6.07, 6.45) is -15.1. The summed E-state index contributed by atoms with van der Waals surface area (Å²) in [5.41, 5.74) is -2.95. The number of aliphatic hydroxyl groups is 11. The van der Waals surface area contributed by atoms with Crippen LogP contribution >= 0.6 is 0 Å². The summed E-state index contributed by atoms with van der Waals surface area (Å²) in [5.74, 6) is -1.47. The van der Waals surface area contributed by atoms with E-state index >= 15 is 0 Å². The Kier molecular flexibility index (Phi) is 14.5. The number of esters is 2. The number of aliphatic hydroxyl groups excluding tert-OH is 11. The predicted molar refractivity (Wildman–Crippen MR) is 232 cm³/mol. The minimum atomic E-state index is -1.77. The van der Waals surface area contributed by atoms with E-state index in [4.69, 9.17) is 33.2 Å². The third-order valence-electron chi connectivity index (χ3n) is 19.5. The van der Waals surface area contributed by atoms with Gasteiger partial charge in [-0.25, -0.2) is 0 Å². The summed E-state index contributed by atoms with van der Waals surface area (Å²) in [6, 6.07) is 0. The summed E-state index contributed by atoms with van der Waals surface area (Å²) < 4.78 is 40.7. The van der Waals surface area contributed by atoms with Crippen LogP contribution < -0.4 is 0 Å². The van der Waals surface area contributed by atoms with Gasteiger partial charge in [-0.05, 0) is 105 Å². The molecule has 20 nitrogen and oxygen atoms in total. The van der Waals surface area contributed by atoms with Crippen molar-refractivity contribution in [1.82, 2.24) is 0 Å². The lowest BCUT2D eigenvalue weighted by atomic mass is 9.33. The third-order valence-corrected chi connectivity index (χ3v) is 19.5. The average Bonchev–Trinajstić information content (AvgIpc) is 3.31. The molecule has 68 heavy (non-hydrogen) atoms. The van der Waals surface area contributed by atoms with E-state index in [0.717, 1.165) is 12.0 Å². The maximum Gasteiger partial charge on any atom is 0.315 e. The van der Waals surface area contributed by atoms with Crippen molar-refractivity contribution < 1.29 is 98.9 Å². The number of hydrogen-bond acceptors (Lipinski definition) is 20. The Morgan fingerprint density at radius 2 is 1.29 bits per heavy atom. The van der Waals surface area contributed by atoms with Gasteiger partial charge >= 0.3 is 11.9 Å². The highest BCUT2D eigenvalue weighted by atomic mass is 16.7. The molecular weight excluding hydrogens is 897 g/mol. The molecule has 11 N–H and O–H groups in total. The predicted octanol–water partition coefficient (Wildman–Crippen LogP) is -1.09. The van der Waals surface area contributed by atoms with Crippen molar-refractivity contribution in [2.75, 3.05) is 33.5 Å². The van der Waals surface area contributed by atoms with Gasteiger partial charge in [0.15, 0.2) is 12.6 Å². The van der Waals surface area contributed by atoms with Gasteiger partial charge in [0.2, 0.25) is 6.29 Å². The first kappa shape index (κ1) is 52.4. The molecule has 0 aromatic heterocycles. The van der Waals surface area contributed by atoms with E-state index < -0.39 is 139 Å². The van der Waals surface area contributed by atoms with E-state index in [0.29, 0.717) is 51.4 Å². The molecule has 8 rings (SSSR count). The fraction of sp³-hybridized carbons (Fsp3) is 0.917. The first-order valence-corrected chi connectivity index (χ1v) is 24.5. The smallest absolute Gasteiger partial charge is 0.315 e. The quantitative estimate of drug-likeness (QED) is 0.0704. The Morgan fingerprint density at radius 1 is 0.676 bits per heavy atom. The molecular formula is C48H76O20. The van der Waals surface area contributed by atoms with Gasteiger partial charge in [0.05, 0.1) is 50.5 Å². The minimum Gasteiger partial charge on any atom is -0.469 e. The second-order valence-corrected chi connectivity index (χ2v) is 22.7. The zero-order valence-corrected chi connectivity index (χ0v) is 40.0. The van der Waals surface area contributed by atoms with E-state index in [1.165, 1.54) is 7.11 Å². The molecule has 5 aliphatic carbocycles. The van der Waals surface area contributed by atoms with Crippen LogP contribution in [-0.2, 0) is 42.7 Å². The summed E-state index contributed by atoms with van der Waals surface area (Å²) in [6.45, 7) is 8.79. The minimum absolute atomic E-state index is 0.0728. The molecule has 0 aromatic rings. The highest BCUT2D eigenvalue weighted by Crippen LogP contribution is 2.76. The van der Waals surface area contributed by atoms with Gasteiger partial charge in [0, 0.05) is 5.41 Å². The number of carbonyl (C=O) groups excluding carboxylic acids is 2. The lowest BCUT2D eigenvalue weighted by Gasteiger charge is -2.71. The molecule has 388 valence electrons. The van der Waals surface area contributed by atoms with E-state index in [-0.39, 0.29) is 48.3 Å². The number of fused-ring (bicyclic) bond motifs is 7. The summed E-state index contributed by atoms with van der Waals surface area (Å²) >= 11 is 0. The number of ether oxygens (including phenoxy) is 7. The fourth-order valence-corrected chi connectivity index (χ4v) is 15.1. The first-order chi connectivity index (χ1) is 31.9. The van der Waals surface area contributed by atoms with Crippen LogP contribution in [0.4, 0.5) is 0 Å². The molecule has 0 bridgehead atoms. The molecule has 7 fully saturated rings. The van der Waals surface area contributed by atoms with Crippen LogP contribution in [0.1, 0.15) is 98.8 Å². The molecule has 0 radical (unpaired) electrons. The summed E-state index contributed by atoms with van der Waals surface area (Å²) in [7, 11) is 1.35. The zero-order valence-electron chi connectivity index (χ0n) is 40.0. The highest BCUT2D eigenvalue weighted by molar-refractivity contribution is 5.81. The second kappa shape index (κ2) is 18.8. The number of hydrogen-bond donors (Lipinski definition) is 11. The zero-order chi connectivity index (χ0) is 49.7. The molecule has 24 atom stereocenters. The highest BCUT2D eigenvalue weighted by Gasteiger charge is 2.71. The Hall–Kier alpha value is -1.96. The Labute approximate surface area is 396 Å². The lowest BCUT2D eigenvalue weighted by molar-refractivity contribution is -0.358. The van der Waals surface area contributed by atoms with Crippen LogP contribution in [0.25, 0.3) is 0 Å². The fourth-order valence-electron chi connectivity index (χ4n) is 15.1. The van der Waals surface area contributed by atoms with Crippen molar-refractivity contribution >= 4 is 11.9 Å². The van der Waals surface area contributed by atoms with Crippen LogP contribution in [0.5, 0.6) is 0 Å². The van der Waals surface area contributed by atoms with Gasteiger partial charge in [0.25, 0.3) is 0 Å². The van der Waals surface area contributed by atoms with Crippen LogP contribution in [0.2, 0.25) is 0 Å². The number of allylic oxidation sites excluding steroid dienone is 2.